The molecule has 0 unspecified atom stereocenters. The number of fused-ring (bicyclic) bond motifs is 1. The highest BCUT2D eigenvalue weighted by Gasteiger charge is 2.21. The van der Waals surface area contributed by atoms with Crippen LogP contribution in [0.25, 0.3) is 10.8 Å². The summed E-state index contributed by atoms with van der Waals surface area (Å²) in [6.45, 7) is 6.54. The normalized spacial score (nSPS) is 14.1. The zero-order chi connectivity index (χ0) is 23.2. The quantitative estimate of drug-likeness (QED) is 0.418. The number of ether oxygens (including phenoxy) is 3. The summed E-state index contributed by atoms with van der Waals surface area (Å²) in [5.41, 5.74) is 1.74. The maximum Gasteiger partial charge on any atom is 0.296 e. The average molecular weight is 449 g/mol. The van der Waals surface area contributed by atoms with Crippen LogP contribution >= 0.6 is 0 Å². The van der Waals surface area contributed by atoms with Crippen molar-refractivity contribution < 1.29 is 23.8 Å². The standard InChI is InChI=1S/C26H28N2O5/c1-18-7-9-24(31-2)22(17-18)27-26(30)25(29)21-8-10-23(20-6-4-3-5-19(20)21)33-16-13-28-11-14-32-15-12-28/h3-10,17H,11-16H2,1-2H3,(H,27,30). The third-order valence-electron chi connectivity index (χ3n) is 5.71. The van der Waals surface area contributed by atoms with Gasteiger partial charge in [-0.15, -0.1) is 0 Å². The molecule has 3 aromatic carbocycles. The van der Waals surface area contributed by atoms with Gasteiger partial charge in [0.25, 0.3) is 11.7 Å². The van der Waals surface area contributed by atoms with E-state index in [0.29, 0.717) is 34.7 Å². The lowest BCUT2D eigenvalue weighted by molar-refractivity contribution is -0.112. The van der Waals surface area contributed by atoms with Crippen molar-refractivity contribution in [1.29, 1.82) is 0 Å². The van der Waals surface area contributed by atoms with E-state index in [1.165, 1.54) is 7.11 Å². The Kier molecular flexibility index (Phi) is 7.22. The van der Waals surface area contributed by atoms with E-state index in [1.807, 2.05) is 37.3 Å². The van der Waals surface area contributed by atoms with Crippen molar-refractivity contribution >= 4 is 28.2 Å². The van der Waals surface area contributed by atoms with Gasteiger partial charge in [0, 0.05) is 30.6 Å². The number of hydrogen-bond donors (Lipinski definition) is 1. The second-order valence-corrected chi connectivity index (χ2v) is 7.95. The second-order valence-electron chi connectivity index (χ2n) is 7.95. The molecule has 0 saturated carbocycles. The number of benzene rings is 3. The number of anilines is 1. The van der Waals surface area contributed by atoms with Crippen molar-refractivity contribution in [3.8, 4) is 11.5 Å². The molecule has 7 nitrogen and oxygen atoms in total. The van der Waals surface area contributed by atoms with Crippen LogP contribution < -0.4 is 14.8 Å². The molecule has 172 valence electrons. The van der Waals surface area contributed by atoms with Crippen molar-refractivity contribution in [1.82, 2.24) is 4.90 Å². The van der Waals surface area contributed by atoms with Gasteiger partial charge in [0.1, 0.15) is 18.1 Å². The fourth-order valence-electron chi connectivity index (χ4n) is 3.93. The zero-order valence-electron chi connectivity index (χ0n) is 18.9. The number of nitrogens with zero attached hydrogens (tertiary/aromatic N) is 1. The third-order valence-corrected chi connectivity index (χ3v) is 5.71. The van der Waals surface area contributed by atoms with E-state index in [1.54, 1.807) is 24.3 Å². The Labute approximate surface area is 193 Å². The maximum atomic E-state index is 13.1. The van der Waals surface area contributed by atoms with Gasteiger partial charge >= 0.3 is 0 Å². The molecule has 1 saturated heterocycles. The number of Topliss-reactive ketones (excluding diaryl/α,β-unsaturated/α-hetero) is 1. The molecular formula is C26H28N2O5. The Bertz CT molecular complexity index is 1150. The van der Waals surface area contributed by atoms with Gasteiger partial charge < -0.3 is 19.5 Å². The molecule has 3 aromatic rings. The number of amides is 1. The number of rotatable bonds is 8. The van der Waals surface area contributed by atoms with Gasteiger partial charge in [-0.1, -0.05) is 30.3 Å². The molecule has 1 aliphatic heterocycles. The van der Waals surface area contributed by atoms with Crippen LogP contribution in [0.4, 0.5) is 5.69 Å². The van der Waals surface area contributed by atoms with Crippen LogP contribution in [0.1, 0.15) is 15.9 Å². The summed E-state index contributed by atoms with van der Waals surface area (Å²) in [6, 6.07) is 16.3. The largest absolute Gasteiger partial charge is 0.495 e. The molecule has 1 N–H and O–H groups in total. The van der Waals surface area contributed by atoms with Crippen LogP contribution in [0.2, 0.25) is 0 Å². The lowest BCUT2D eigenvalue weighted by atomic mass is 10.00. The van der Waals surface area contributed by atoms with Gasteiger partial charge in [0.2, 0.25) is 0 Å². The first-order valence-corrected chi connectivity index (χ1v) is 11.0. The summed E-state index contributed by atoms with van der Waals surface area (Å²) < 4.78 is 16.7. The fraction of sp³-hybridized carbons (Fsp3) is 0.308. The highest BCUT2D eigenvalue weighted by Crippen LogP contribution is 2.30. The van der Waals surface area contributed by atoms with Gasteiger partial charge in [-0.05, 0) is 42.1 Å². The van der Waals surface area contributed by atoms with Crippen molar-refractivity contribution in [3.05, 3.63) is 65.7 Å². The van der Waals surface area contributed by atoms with Crippen LogP contribution in [0.5, 0.6) is 11.5 Å². The third kappa shape index (κ3) is 5.32. The molecule has 0 radical (unpaired) electrons. The van der Waals surface area contributed by atoms with E-state index in [4.69, 9.17) is 14.2 Å². The Morgan fingerprint density at radius 2 is 1.73 bits per heavy atom. The highest BCUT2D eigenvalue weighted by molar-refractivity contribution is 6.48. The monoisotopic (exact) mass is 448 g/mol. The van der Waals surface area contributed by atoms with Gasteiger partial charge in [0.15, 0.2) is 0 Å². The van der Waals surface area contributed by atoms with Crippen molar-refractivity contribution in [2.45, 2.75) is 6.92 Å². The number of aryl methyl sites for hydroxylation is 1. The predicted octanol–water partition coefficient (Wildman–Crippen LogP) is 3.69. The maximum absolute atomic E-state index is 13.1. The molecule has 0 aliphatic carbocycles. The Hall–Kier alpha value is -3.42. The molecule has 0 aromatic heterocycles. The number of ketones is 1. The first kappa shape index (κ1) is 22.8. The van der Waals surface area contributed by atoms with Crippen molar-refractivity contribution in [2.75, 3.05) is 51.9 Å². The van der Waals surface area contributed by atoms with Crippen LogP contribution in [-0.4, -0.2) is 63.2 Å². The smallest absolute Gasteiger partial charge is 0.296 e. The topological polar surface area (TPSA) is 77.1 Å². The highest BCUT2D eigenvalue weighted by atomic mass is 16.5. The average Bonchev–Trinajstić information content (AvgIpc) is 2.84. The van der Waals surface area contributed by atoms with E-state index < -0.39 is 11.7 Å². The summed E-state index contributed by atoms with van der Waals surface area (Å²) >= 11 is 0. The van der Waals surface area contributed by atoms with Crippen LogP contribution in [0, 0.1) is 6.92 Å². The lowest BCUT2D eigenvalue weighted by Gasteiger charge is -2.26. The molecule has 1 aliphatic rings. The van der Waals surface area contributed by atoms with Crippen molar-refractivity contribution in [3.63, 3.8) is 0 Å². The minimum Gasteiger partial charge on any atom is -0.495 e. The minimum absolute atomic E-state index is 0.329. The molecule has 0 atom stereocenters. The molecular weight excluding hydrogens is 420 g/mol. The van der Waals surface area contributed by atoms with Crippen LogP contribution in [0.15, 0.2) is 54.6 Å². The molecule has 1 fully saturated rings. The van der Waals surface area contributed by atoms with Crippen LogP contribution in [0.3, 0.4) is 0 Å². The fourth-order valence-corrected chi connectivity index (χ4v) is 3.93. The predicted molar refractivity (Wildman–Crippen MR) is 127 cm³/mol. The number of morpholine rings is 1. The Morgan fingerprint density at radius 1 is 1.00 bits per heavy atom. The van der Waals surface area contributed by atoms with E-state index >= 15 is 0 Å². The van der Waals surface area contributed by atoms with Gasteiger partial charge in [-0.25, -0.2) is 0 Å². The summed E-state index contributed by atoms with van der Waals surface area (Å²) in [5.74, 6) is -0.147. The molecule has 4 rings (SSSR count). The number of hydrogen-bond acceptors (Lipinski definition) is 6. The number of carbonyl (C=O) groups excluding carboxylic acids is 2. The zero-order valence-corrected chi connectivity index (χ0v) is 18.9. The Morgan fingerprint density at radius 3 is 2.48 bits per heavy atom. The minimum atomic E-state index is -0.718. The molecule has 0 bridgehead atoms. The Balaban J connectivity index is 1.52. The van der Waals surface area contributed by atoms with E-state index in [2.05, 4.69) is 10.2 Å². The number of methoxy groups -OCH3 is 1. The van der Waals surface area contributed by atoms with E-state index in [0.717, 1.165) is 43.8 Å². The van der Waals surface area contributed by atoms with E-state index in [-0.39, 0.29) is 0 Å². The lowest BCUT2D eigenvalue weighted by Crippen LogP contribution is -2.38. The van der Waals surface area contributed by atoms with Gasteiger partial charge in [-0.2, -0.15) is 0 Å². The second kappa shape index (κ2) is 10.5. The molecule has 1 heterocycles. The summed E-state index contributed by atoms with van der Waals surface area (Å²) in [5, 5.41) is 4.17. The first-order valence-electron chi connectivity index (χ1n) is 11.0. The number of carbonyl (C=O) groups is 2. The molecule has 0 spiro atoms. The summed E-state index contributed by atoms with van der Waals surface area (Å²) in [6.07, 6.45) is 0. The molecule has 7 heteroatoms. The van der Waals surface area contributed by atoms with E-state index in [9.17, 15) is 9.59 Å². The number of nitrogens with one attached hydrogen (secondary N) is 1. The van der Waals surface area contributed by atoms with Crippen molar-refractivity contribution in [2.24, 2.45) is 0 Å². The van der Waals surface area contributed by atoms with Crippen LogP contribution in [-0.2, 0) is 9.53 Å². The SMILES string of the molecule is COc1ccc(C)cc1NC(=O)C(=O)c1ccc(OCCN2CCOCC2)c2ccccc12. The molecule has 33 heavy (non-hydrogen) atoms. The first-order chi connectivity index (χ1) is 16.1. The molecule has 1 amide bonds. The summed E-state index contributed by atoms with van der Waals surface area (Å²) in [4.78, 5) is 28.2. The van der Waals surface area contributed by atoms with Gasteiger partial charge in [0.05, 0.1) is 26.0 Å². The van der Waals surface area contributed by atoms with Gasteiger partial charge in [-0.3, -0.25) is 14.5 Å². The summed E-state index contributed by atoms with van der Waals surface area (Å²) in [7, 11) is 1.52.